The minimum atomic E-state index is 0.0815. The van der Waals surface area contributed by atoms with Crippen molar-refractivity contribution in [1.82, 2.24) is 9.97 Å². The van der Waals surface area contributed by atoms with Crippen LogP contribution >= 0.6 is 0 Å². The highest BCUT2D eigenvalue weighted by molar-refractivity contribution is 5.58. The quantitative estimate of drug-likeness (QED) is 0.915. The Morgan fingerprint density at radius 2 is 2.14 bits per heavy atom. The predicted octanol–water partition coefficient (Wildman–Crippen LogP) is 2.74. The number of anilines is 1. The zero-order valence-electron chi connectivity index (χ0n) is 12.1. The van der Waals surface area contributed by atoms with Crippen molar-refractivity contribution in [3.05, 3.63) is 36.4 Å². The van der Waals surface area contributed by atoms with Gasteiger partial charge in [0.25, 0.3) is 0 Å². The van der Waals surface area contributed by atoms with Crippen LogP contribution in [0.25, 0.3) is 11.4 Å². The molecule has 2 aromatic rings. The summed E-state index contributed by atoms with van der Waals surface area (Å²) in [5.74, 6) is 2.04. The van der Waals surface area contributed by atoms with Crippen LogP contribution in [0.3, 0.4) is 0 Å². The first-order valence-electron chi connectivity index (χ1n) is 7.28. The van der Waals surface area contributed by atoms with Crippen molar-refractivity contribution in [3.8, 4) is 17.3 Å². The van der Waals surface area contributed by atoms with Crippen molar-refractivity contribution in [2.75, 3.05) is 25.1 Å². The summed E-state index contributed by atoms with van der Waals surface area (Å²) in [4.78, 5) is 9.05. The summed E-state index contributed by atoms with van der Waals surface area (Å²) in [6, 6.07) is 11.8. The molecule has 110 valence electrons. The third kappa shape index (κ3) is 3.49. The molecule has 1 atom stereocenters. The maximum Gasteiger partial charge on any atom is 0.219 e. The molecular weight excluding hydrogens is 266 g/mol. The molecule has 1 fully saturated rings. The number of hydrogen-bond donors (Lipinski definition) is 1. The lowest BCUT2D eigenvalue weighted by atomic mass is 10.2. The molecule has 1 aliphatic rings. The van der Waals surface area contributed by atoms with E-state index in [2.05, 4.69) is 15.3 Å². The summed E-state index contributed by atoms with van der Waals surface area (Å²) in [6.07, 6.45) is 0.985. The van der Waals surface area contributed by atoms with E-state index in [1.165, 1.54) is 0 Å². The number of rotatable bonds is 5. The SMILES string of the molecule is CCNc1cc(OC2CCOC2)nc(-c2ccccc2)n1. The maximum atomic E-state index is 5.91. The van der Waals surface area contributed by atoms with Crippen molar-refractivity contribution in [3.63, 3.8) is 0 Å². The van der Waals surface area contributed by atoms with Gasteiger partial charge in [-0.25, -0.2) is 4.98 Å². The first kappa shape index (κ1) is 13.8. The molecule has 0 aliphatic carbocycles. The Morgan fingerprint density at radius 3 is 2.86 bits per heavy atom. The Morgan fingerprint density at radius 1 is 1.29 bits per heavy atom. The fourth-order valence-electron chi connectivity index (χ4n) is 2.25. The molecule has 0 bridgehead atoms. The van der Waals surface area contributed by atoms with E-state index in [1.807, 2.05) is 43.3 Å². The van der Waals surface area contributed by atoms with E-state index >= 15 is 0 Å². The van der Waals surface area contributed by atoms with Crippen molar-refractivity contribution in [2.24, 2.45) is 0 Å². The second-order valence-corrected chi connectivity index (χ2v) is 4.91. The number of hydrogen-bond acceptors (Lipinski definition) is 5. The Labute approximate surface area is 124 Å². The molecule has 1 aromatic carbocycles. The van der Waals surface area contributed by atoms with Gasteiger partial charge in [0.1, 0.15) is 11.9 Å². The summed E-state index contributed by atoms with van der Waals surface area (Å²) >= 11 is 0. The number of nitrogens with one attached hydrogen (secondary N) is 1. The minimum Gasteiger partial charge on any atom is -0.472 e. The molecule has 2 heterocycles. The summed E-state index contributed by atoms with van der Waals surface area (Å²) in [6.45, 7) is 4.22. The molecule has 0 saturated carbocycles. The lowest BCUT2D eigenvalue weighted by Gasteiger charge is -2.13. The normalized spacial score (nSPS) is 17.7. The highest BCUT2D eigenvalue weighted by Gasteiger charge is 2.18. The zero-order chi connectivity index (χ0) is 14.5. The number of benzene rings is 1. The Hall–Kier alpha value is -2.14. The highest BCUT2D eigenvalue weighted by Crippen LogP contribution is 2.23. The van der Waals surface area contributed by atoms with E-state index in [9.17, 15) is 0 Å². The van der Waals surface area contributed by atoms with Crippen molar-refractivity contribution >= 4 is 5.82 Å². The van der Waals surface area contributed by atoms with Crippen LogP contribution in [0, 0.1) is 0 Å². The molecule has 1 aliphatic heterocycles. The van der Waals surface area contributed by atoms with Gasteiger partial charge in [-0.3, -0.25) is 0 Å². The van der Waals surface area contributed by atoms with Crippen LogP contribution in [-0.2, 0) is 4.74 Å². The van der Waals surface area contributed by atoms with Gasteiger partial charge in [0, 0.05) is 24.6 Å². The van der Waals surface area contributed by atoms with Gasteiger partial charge in [0.2, 0.25) is 5.88 Å². The zero-order valence-corrected chi connectivity index (χ0v) is 12.1. The second kappa shape index (κ2) is 6.54. The topological polar surface area (TPSA) is 56.3 Å². The molecule has 0 radical (unpaired) electrons. The standard InChI is InChI=1S/C16H19N3O2/c1-2-17-14-10-15(21-13-8-9-20-11-13)19-16(18-14)12-6-4-3-5-7-12/h3-7,10,13H,2,8-9,11H2,1H3,(H,17,18,19). The summed E-state index contributed by atoms with van der Waals surface area (Å²) in [5.41, 5.74) is 0.977. The van der Waals surface area contributed by atoms with Gasteiger partial charge in [-0.2, -0.15) is 4.98 Å². The molecule has 1 N–H and O–H groups in total. The van der Waals surface area contributed by atoms with E-state index in [4.69, 9.17) is 9.47 Å². The Balaban J connectivity index is 1.89. The largest absolute Gasteiger partial charge is 0.472 e. The summed E-state index contributed by atoms with van der Waals surface area (Å²) in [7, 11) is 0. The van der Waals surface area contributed by atoms with Crippen LogP contribution in [0.1, 0.15) is 13.3 Å². The molecule has 1 saturated heterocycles. The molecule has 1 aromatic heterocycles. The fourth-order valence-corrected chi connectivity index (χ4v) is 2.25. The molecule has 5 nitrogen and oxygen atoms in total. The number of aromatic nitrogens is 2. The molecule has 21 heavy (non-hydrogen) atoms. The lowest BCUT2D eigenvalue weighted by molar-refractivity contribution is 0.138. The lowest BCUT2D eigenvalue weighted by Crippen LogP contribution is -2.17. The Kier molecular flexibility index (Phi) is 4.31. The van der Waals surface area contributed by atoms with Crippen LogP contribution in [-0.4, -0.2) is 35.8 Å². The maximum absolute atomic E-state index is 5.91. The van der Waals surface area contributed by atoms with Gasteiger partial charge in [0.15, 0.2) is 5.82 Å². The van der Waals surface area contributed by atoms with Gasteiger partial charge in [0.05, 0.1) is 13.2 Å². The molecule has 5 heteroatoms. The van der Waals surface area contributed by atoms with Crippen LogP contribution in [0.5, 0.6) is 5.88 Å². The third-order valence-corrected chi connectivity index (χ3v) is 3.27. The predicted molar refractivity (Wildman–Crippen MR) is 81.5 cm³/mol. The van der Waals surface area contributed by atoms with Crippen LogP contribution < -0.4 is 10.1 Å². The van der Waals surface area contributed by atoms with E-state index in [1.54, 1.807) is 0 Å². The highest BCUT2D eigenvalue weighted by atomic mass is 16.5. The van der Waals surface area contributed by atoms with E-state index in [0.717, 1.165) is 31.0 Å². The molecule has 1 unspecified atom stereocenters. The average Bonchev–Trinajstić information content (AvgIpc) is 3.01. The summed E-state index contributed by atoms with van der Waals surface area (Å²) < 4.78 is 11.2. The smallest absolute Gasteiger partial charge is 0.219 e. The van der Waals surface area contributed by atoms with Gasteiger partial charge in [-0.15, -0.1) is 0 Å². The minimum absolute atomic E-state index is 0.0815. The Bertz CT molecular complexity index is 583. The molecule has 0 spiro atoms. The van der Waals surface area contributed by atoms with E-state index < -0.39 is 0 Å². The van der Waals surface area contributed by atoms with Gasteiger partial charge in [-0.05, 0) is 6.92 Å². The number of ether oxygens (including phenoxy) is 2. The fraction of sp³-hybridized carbons (Fsp3) is 0.375. The number of nitrogens with zero attached hydrogens (tertiary/aromatic N) is 2. The monoisotopic (exact) mass is 285 g/mol. The second-order valence-electron chi connectivity index (χ2n) is 4.91. The van der Waals surface area contributed by atoms with Crippen molar-refractivity contribution in [1.29, 1.82) is 0 Å². The van der Waals surface area contributed by atoms with Crippen LogP contribution in [0.4, 0.5) is 5.82 Å². The first-order chi connectivity index (χ1) is 10.3. The van der Waals surface area contributed by atoms with E-state index in [-0.39, 0.29) is 6.10 Å². The van der Waals surface area contributed by atoms with Gasteiger partial charge in [-0.1, -0.05) is 30.3 Å². The molecule has 0 amide bonds. The van der Waals surface area contributed by atoms with Crippen LogP contribution in [0.15, 0.2) is 36.4 Å². The van der Waals surface area contributed by atoms with E-state index in [0.29, 0.717) is 18.3 Å². The van der Waals surface area contributed by atoms with Crippen molar-refractivity contribution < 1.29 is 9.47 Å². The molecule has 3 rings (SSSR count). The van der Waals surface area contributed by atoms with Gasteiger partial charge >= 0.3 is 0 Å². The third-order valence-electron chi connectivity index (χ3n) is 3.27. The van der Waals surface area contributed by atoms with Gasteiger partial charge < -0.3 is 14.8 Å². The first-order valence-corrected chi connectivity index (χ1v) is 7.28. The molecular formula is C16H19N3O2. The average molecular weight is 285 g/mol. The van der Waals surface area contributed by atoms with Crippen molar-refractivity contribution in [2.45, 2.75) is 19.4 Å². The van der Waals surface area contributed by atoms with Crippen LogP contribution in [0.2, 0.25) is 0 Å². The summed E-state index contributed by atoms with van der Waals surface area (Å²) in [5, 5.41) is 3.22.